The molecule has 1 aliphatic rings. The van der Waals surface area contributed by atoms with E-state index in [1.807, 2.05) is 12.4 Å². The van der Waals surface area contributed by atoms with Crippen molar-refractivity contribution < 1.29 is 5.11 Å². The lowest BCUT2D eigenvalue weighted by atomic mass is 9.80. The second-order valence-electron chi connectivity index (χ2n) is 5.80. The molecule has 18 heavy (non-hydrogen) atoms. The normalized spacial score (nSPS) is 28.6. The van der Waals surface area contributed by atoms with Crippen LogP contribution in [0.15, 0.2) is 24.5 Å². The fourth-order valence-corrected chi connectivity index (χ4v) is 2.94. The van der Waals surface area contributed by atoms with Crippen molar-refractivity contribution in [3.63, 3.8) is 0 Å². The van der Waals surface area contributed by atoms with Gasteiger partial charge in [-0.25, -0.2) is 0 Å². The minimum Gasteiger partial charge on any atom is -0.393 e. The highest BCUT2D eigenvalue weighted by atomic mass is 16.3. The van der Waals surface area contributed by atoms with E-state index in [0.717, 1.165) is 31.8 Å². The third kappa shape index (κ3) is 3.79. The van der Waals surface area contributed by atoms with E-state index < -0.39 is 0 Å². The predicted molar refractivity (Wildman–Crippen MR) is 73.1 cm³/mol. The molecular formula is C15H24N2O. The Labute approximate surface area is 110 Å². The fourth-order valence-electron chi connectivity index (χ4n) is 2.94. The summed E-state index contributed by atoms with van der Waals surface area (Å²) in [7, 11) is 2.13. The number of nitrogens with zero attached hydrogens (tertiary/aromatic N) is 2. The molecule has 1 aromatic heterocycles. The van der Waals surface area contributed by atoms with Crippen LogP contribution in [0.4, 0.5) is 0 Å². The van der Waals surface area contributed by atoms with Gasteiger partial charge in [-0.05, 0) is 55.8 Å². The molecule has 0 saturated heterocycles. The van der Waals surface area contributed by atoms with E-state index in [4.69, 9.17) is 0 Å². The molecule has 0 spiro atoms. The summed E-state index contributed by atoms with van der Waals surface area (Å²) in [6.45, 7) is 4.20. The van der Waals surface area contributed by atoms with Gasteiger partial charge >= 0.3 is 0 Å². The summed E-state index contributed by atoms with van der Waals surface area (Å²) in [6, 6.07) is 4.10. The number of pyridine rings is 1. The van der Waals surface area contributed by atoms with Gasteiger partial charge in [0.2, 0.25) is 0 Å². The standard InChI is InChI=1S/C15H24N2O/c1-12-3-4-15(18)14(9-12)11-17(2)10-13-5-7-16-8-6-13/h5-8,12,14-15,18H,3-4,9-11H2,1-2H3. The van der Waals surface area contributed by atoms with Crippen molar-refractivity contribution in [3.8, 4) is 0 Å². The smallest absolute Gasteiger partial charge is 0.0580 e. The minimum absolute atomic E-state index is 0.110. The first-order chi connectivity index (χ1) is 8.65. The molecule has 0 amide bonds. The number of hydrogen-bond donors (Lipinski definition) is 1. The van der Waals surface area contributed by atoms with E-state index in [1.165, 1.54) is 12.0 Å². The summed E-state index contributed by atoms with van der Waals surface area (Å²) in [5.74, 6) is 1.19. The lowest BCUT2D eigenvalue weighted by Crippen LogP contribution is -2.36. The first-order valence-electron chi connectivity index (χ1n) is 6.90. The van der Waals surface area contributed by atoms with E-state index in [-0.39, 0.29) is 6.10 Å². The van der Waals surface area contributed by atoms with Gasteiger partial charge < -0.3 is 10.0 Å². The topological polar surface area (TPSA) is 36.4 Å². The quantitative estimate of drug-likeness (QED) is 0.888. The first kappa shape index (κ1) is 13.5. The monoisotopic (exact) mass is 248 g/mol. The summed E-state index contributed by atoms with van der Waals surface area (Å²) >= 11 is 0. The van der Waals surface area contributed by atoms with Crippen LogP contribution < -0.4 is 0 Å². The lowest BCUT2D eigenvalue weighted by molar-refractivity contribution is 0.0338. The molecule has 1 aliphatic carbocycles. The van der Waals surface area contributed by atoms with Gasteiger partial charge in [-0.3, -0.25) is 4.98 Å². The molecule has 3 nitrogen and oxygen atoms in total. The molecule has 100 valence electrons. The van der Waals surface area contributed by atoms with Crippen LogP contribution in [0, 0.1) is 11.8 Å². The zero-order chi connectivity index (χ0) is 13.0. The molecule has 0 aromatic carbocycles. The van der Waals surface area contributed by atoms with Crippen molar-refractivity contribution in [2.75, 3.05) is 13.6 Å². The highest BCUT2D eigenvalue weighted by Gasteiger charge is 2.27. The summed E-state index contributed by atoms with van der Waals surface area (Å²) in [5.41, 5.74) is 1.28. The zero-order valence-electron chi connectivity index (χ0n) is 11.4. The second kappa shape index (κ2) is 6.30. The average molecular weight is 248 g/mol. The number of aliphatic hydroxyl groups excluding tert-OH is 1. The van der Waals surface area contributed by atoms with E-state index in [9.17, 15) is 5.11 Å². The Balaban J connectivity index is 1.85. The van der Waals surface area contributed by atoms with Crippen LogP contribution in [0.2, 0.25) is 0 Å². The third-order valence-electron chi connectivity index (χ3n) is 3.95. The fraction of sp³-hybridized carbons (Fsp3) is 0.667. The van der Waals surface area contributed by atoms with E-state index in [2.05, 4.69) is 36.0 Å². The minimum atomic E-state index is -0.110. The maximum absolute atomic E-state index is 10.1. The van der Waals surface area contributed by atoms with Crippen LogP contribution in [-0.4, -0.2) is 34.7 Å². The van der Waals surface area contributed by atoms with Gasteiger partial charge in [0.05, 0.1) is 6.10 Å². The van der Waals surface area contributed by atoms with Crippen molar-refractivity contribution >= 4 is 0 Å². The number of aromatic nitrogens is 1. The number of hydrogen-bond acceptors (Lipinski definition) is 3. The van der Waals surface area contributed by atoms with Crippen LogP contribution in [-0.2, 0) is 6.54 Å². The number of aliphatic hydroxyl groups is 1. The molecule has 3 atom stereocenters. The van der Waals surface area contributed by atoms with Crippen LogP contribution in [0.1, 0.15) is 31.7 Å². The zero-order valence-corrected chi connectivity index (χ0v) is 11.4. The molecule has 3 heteroatoms. The molecule has 1 N–H and O–H groups in total. The highest BCUT2D eigenvalue weighted by molar-refractivity contribution is 5.09. The molecule has 1 aromatic rings. The Morgan fingerprint density at radius 1 is 1.33 bits per heavy atom. The van der Waals surface area contributed by atoms with Crippen molar-refractivity contribution in [1.29, 1.82) is 0 Å². The van der Waals surface area contributed by atoms with Crippen LogP contribution in [0.3, 0.4) is 0 Å². The molecule has 0 bridgehead atoms. The molecular weight excluding hydrogens is 224 g/mol. The van der Waals surface area contributed by atoms with Crippen LogP contribution >= 0.6 is 0 Å². The van der Waals surface area contributed by atoms with Gasteiger partial charge in [-0.2, -0.15) is 0 Å². The lowest BCUT2D eigenvalue weighted by Gasteiger charge is -2.34. The second-order valence-corrected chi connectivity index (χ2v) is 5.80. The van der Waals surface area contributed by atoms with Gasteiger partial charge in [-0.15, -0.1) is 0 Å². The predicted octanol–water partition coefficient (Wildman–Crippen LogP) is 2.31. The molecule has 0 aliphatic heterocycles. The molecule has 1 saturated carbocycles. The maximum atomic E-state index is 10.1. The third-order valence-corrected chi connectivity index (χ3v) is 3.95. The summed E-state index contributed by atoms with van der Waals surface area (Å²) in [6.07, 6.45) is 6.85. The Bertz CT molecular complexity index is 355. The van der Waals surface area contributed by atoms with Crippen LogP contribution in [0.5, 0.6) is 0 Å². The Hall–Kier alpha value is -0.930. The van der Waals surface area contributed by atoms with Gasteiger partial charge in [0.25, 0.3) is 0 Å². The summed E-state index contributed by atoms with van der Waals surface area (Å²) in [4.78, 5) is 6.34. The van der Waals surface area contributed by atoms with Crippen molar-refractivity contribution in [1.82, 2.24) is 9.88 Å². The van der Waals surface area contributed by atoms with E-state index in [1.54, 1.807) is 0 Å². The van der Waals surface area contributed by atoms with Crippen LogP contribution in [0.25, 0.3) is 0 Å². The van der Waals surface area contributed by atoms with Gasteiger partial charge in [-0.1, -0.05) is 6.92 Å². The SMILES string of the molecule is CC1CCC(O)C(CN(C)Cc2ccncc2)C1. The maximum Gasteiger partial charge on any atom is 0.0580 e. The van der Waals surface area contributed by atoms with Gasteiger partial charge in [0.1, 0.15) is 0 Å². The summed E-state index contributed by atoms with van der Waals surface area (Å²) < 4.78 is 0. The largest absolute Gasteiger partial charge is 0.393 e. The van der Waals surface area contributed by atoms with E-state index in [0.29, 0.717) is 5.92 Å². The molecule has 1 fully saturated rings. The molecule has 3 unspecified atom stereocenters. The van der Waals surface area contributed by atoms with Gasteiger partial charge in [0.15, 0.2) is 0 Å². The highest BCUT2D eigenvalue weighted by Crippen LogP contribution is 2.29. The van der Waals surface area contributed by atoms with Crippen molar-refractivity contribution in [2.45, 2.75) is 38.8 Å². The van der Waals surface area contributed by atoms with Gasteiger partial charge in [0, 0.05) is 25.5 Å². The van der Waals surface area contributed by atoms with E-state index >= 15 is 0 Å². The first-order valence-corrected chi connectivity index (χ1v) is 6.90. The van der Waals surface area contributed by atoms with Crippen molar-refractivity contribution in [3.05, 3.63) is 30.1 Å². The number of rotatable bonds is 4. The Morgan fingerprint density at radius 2 is 2.06 bits per heavy atom. The Kier molecular flexibility index (Phi) is 4.72. The average Bonchev–Trinajstić information content (AvgIpc) is 2.35. The van der Waals surface area contributed by atoms with Crippen molar-refractivity contribution in [2.24, 2.45) is 11.8 Å². The summed E-state index contributed by atoms with van der Waals surface area (Å²) in [5, 5.41) is 10.1. The molecule has 1 heterocycles. The Morgan fingerprint density at radius 3 is 2.78 bits per heavy atom. The molecule has 2 rings (SSSR count). The molecule has 0 radical (unpaired) electrons.